The Morgan fingerprint density at radius 2 is 2.42 bits per heavy atom. The van der Waals surface area contributed by atoms with Crippen LogP contribution in [-0.2, 0) is 0 Å². The zero-order chi connectivity index (χ0) is 33.5. The third kappa shape index (κ3) is 3.57. The number of piperidine rings is 1. The maximum atomic E-state index is 13.5. The minimum atomic E-state index is -3.63. The summed E-state index contributed by atoms with van der Waals surface area (Å²) in [6.07, 6.45) is -11.3. The molecule has 3 N–H and O–H groups in total. The van der Waals surface area contributed by atoms with Crippen LogP contribution in [0.15, 0.2) is 4.79 Å². The Bertz CT molecular complexity index is 1450. The molecule has 9 nitrogen and oxygen atoms in total. The number of hydrogen-bond acceptors (Lipinski definition) is 6. The number of fused-ring (bicyclic) bond motifs is 1. The summed E-state index contributed by atoms with van der Waals surface area (Å²) in [5.41, 5.74) is -4.07. The van der Waals surface area contributed by atoms with E-state index in [4.69, 9.17) is 23.4 Å². The van der Waals surface area contributed by atoms with Crippen molar-refractivity contribution in [2.24, 2.45) is 0 Å². The average molecular weight is 380 g/mol. The van der Waals surface area contributed by atoms with Gasteiger partial charge < -0.3 is 15.3 Å². The number of likely N-dealkylation sites (tertiary alicyclic amines) is 1. The standard InChI is InChI=1S/C17H26N6O3/c1-11(2)23-15-13(19-21-20-15)14(24)12(17(23)26)16(25)18-7-6-10-22-8-4-3-5-9-22/h11,24H,3-10H2,1-2H3,(H,18,25)(H,19,20,21)/i1D3,3D2,4D2,5D2,8D2,9D2,11D/hD3. The fourth-order valence-electron chi connectivity index (χ4n) is 2.27. The van der Waals surface area contributed by atoms with Crippen LogP contribution in [0.3, 0.4) is 0 Å². The third-order valence-electron chi connectivity index (χ3n) is 3.42. The summed E-state index contributed by atoms with van der Waals surface area (Å²) in [7, 11) is 0. The van der Waals surface area contributed by atoms with Gasteiger partial charge in [0.15, 0.2) is 19.7 Å². The van der Waals surface area contributed by atoms with E-state index in [0.717, 1.165) is 6.92 Å². The van der Waals surface area contributed by atoms with E-state index in [0.29, 0.717) is 0 Å². The van der Waals surface area contributed by atoms with Crippen LogP contribution in [0.2, 0.25) is 2.82 Å². The zero-order valence-electron chi connectivity index (χ0n) is 30.5. The van der Waals surface area contributed by atoms with Gasteiger partial charge in [-0.05, 0) is 52.5 Å². The molecule has 142 valence electrons. The van der Waals surface area contributed by atoms with Crippen molar-refractivity contribution in [2.45, 2.75) is 45.3 Å². The first-order chi connectivity index (χ1) is 19.2. The minimum absolute atomic E-state index is 0.0643. The van der Waals surface area contributed by atoms with E-state index in [2.05, 4.69) is 15.4 Å². The Morgan fingerprint density at radius 1 is 1.62 bits per heavy atom. The molecule has 0 spiro atoms. The molecule has 2 aromatic heterocycles. The van der Waals surface area contributed by atoms with Crippen LogP contribution in [0.5, 0.6) is 5.75 Å². The fourth-order valence-corrected chi connectivity index (χ4v) is 2.27. The van der Waals surface area contributed by atoms with Crippen molar-refractivity contribution in [3.05, 3.63) is 15.9 Å². The molecule has 1 atom stereocenters. The maximum Gasteiger partial charge on any atom is 0.293 e. The predicted octanol–water partition coefficient (Wildman–Crippen LogP) is 1.01. The van der Waals surface area contributed by atoms with Crippen molar-refractivity contribution >= 4 is 17.1 Å². The van der Waals surface area contributed by atoms with Gasteiger partial charge >= 0.3 is 0 Å². The highest BCUT2D eigenvalue weighted by molar-refractivity contribution is 6.00. The number of carbonyl (C=O) groups is 1. The Labute approximate surface area is 175 Å². The predicted molar refractivity (Wildman–Crippen MR) is 97.4 cm³/mol. The summed E-state index contributed by atoms with van der Waals surface area (Å²) in [6.45, 7) is -10.9. The van der Waals surface area contributed by atoms with Gasteiger partial charge in [-0.25, -0.2) is 5.09 Å². The molecule has 1 aliphatic heterocycles. The van der Waals surface area contributed by atoms with Crippen LogP contribution in [-0.4, -0.2) is 63.4 Å². The van der Waals surface area contributed by atoms with Gasteiger partial charge in [-0.3, -0.25) is 14.2 Å². The van der Waals surface area contributed by atoms with Gasteiger partial charge in [0.1, 0.15) is 5.56 Å². The molecular weight excluding hydrogens is 336 g/mol. The Kier molecular flexibility index (Phi) is 2.00. The number of aromatic hydroxyl groups is 1. The second kappa shape index (κ2) is 7.86. The third-order valence-corrected chi connectivity index (χ3v) is 3.42. The second-order valence-electron chi connectivity index (χ2n) is 5.18. The Balaban J connectivity index is 2.02. The summed E-state index contributed by atoms with van der Waals surface area (Å²) in [5, 5.41) is 11.4. The van der Waals surface area contributed by atoms with Crippen molar-refractivity contribution in [3.8, 4) is 5.75 Å². The highest BCUT2D eigenvalue weighted by atomic mass is 16.3. The minimum Gasteiger partial charge on any atom is -0.505 e. The van der Waals surface area contributed by atoms with Crippen molar-refractivity contribution < 1.29 is 31.9 Å². The zero-order valence-corrected chi connectivity index (χ0v) is 13.5. The Morgan fingerprint density at radius 3 is 3.15 bits per heavy atom. The van der Waals surface area contributed by atoms with Gasteiger partial charge in [-0.2, -0.15) is 0 Å². The van der Waals surface area contributed by atoms with Crippen molar-refractivity contribution in [2.75, 3.05) is 26.1 Å². The monoisotopic (exact) mass is 379 g/mol. The molecule has 2 aromatic rings. The molecule has 26 heavy (non-hydrogen) atoms. The lowest BCUT2D eigenvalue weighted by Crippen LogP contribution is -2.36. The molecule has 0 aliphatic carbocycles. The van der Waals surface area contributed by atoms with E-state index in [-0.39, 0.29) is 19.9 Å². The van der Waals surface area contributed by atoms with Crippen LogP contribution < -0.4 is 10.9 Å². The number of rotatable bonds is 7. The number of aromatic amines is 1. The van der Waals surface area contributed by atoms with Crippen LogP contribution in [0, 0.1) is 0 Å². The number of hydrogen-bond donors (Lipinski definition) is 3. The second-order valence-corrected chi connectivity index (χ2v) is 5.18. The molecule has 3 heterocycles. The summed E-state index contributed by atoms with van der Waals surface area (Å²) >= 11 is 0. The van der Waals surface area contributed by atoms with E-state index in [1.807, 2.05) is 0 Å². The molecule has 0 aromatic carbocycles. The highest BCUT2D eigenvalue weighted by Gasteiger charge is 2.25. The topological polar surface area (TPSA) is 116 Å². The van der Waals surface area contributed by atoms with E-state index in [1.54, 1.807) is 0 Å². The molecule has 3 rings (SSSR count). The lowest BCUT2D eigenvalue weighted by molar-refractivity contribution is 0.0946. The summed E-state index contributed by atoms with van der Waals surface area (Å²) in [5.74, 6) is -2.47. The molecule has 0 saturated carbocycles. The first kappa shape index (κ1) is 6.63. The lowest BCUT2D eigenvalue weighted by atomic mass is 10.1. The number of nitrogens with zero attached hydrogens (tertiary/aromatic N) is 4. The van der Waals surface area contributed by atoms with Crippen molar-refractivity contribution in [1.29, 1.82) is 1.43 Å². The largest absolute Gasteiger partial charge is 0.505 e. The van der Waals surface area contributed by atoms with Crippen LogP contribution >= 0.6 is 0 Å². The van der Waals surface area contributed by atoms with Gasteiger partial charge in [0.25, 0.3) is 12.9 Å². The van der Waals surface area contributed by atoms with E-state index in [1.165, 1.54) is 0 Å². The molecule has 0 radical (unpaired) electrons. The first-order valence-electron chi connectivity index (χ1n) is 15.7. The van der Waals surface area contributed by atoms with Gasteiger partial charge in [0.05, 0.1) is 1.37 Å². The molecule has 1 amide bonds. The van der Waals surface area contributed by atoms with Gasteiger partial charge in [0.2, 0.25) is 0 Å². The summed E-state index contributed by atoms with van der Waals surface area (Å²) < 4.78 is 135. The molecule has 9 heteroatoms. The molecule has 1 saturated heterocycles. The smallest absolute Gasteiger partial charge is 0.293 e. The summed E-state index contributed by atoms with van der Waals surface area (Å²) in [6, 6.07) is -2.83. The molecule has 1 fully saturated rings. The fraction of sp³-hybridized carbons (Fsp3) is 0.647. The number of aromatic nitrogens is 4. The number of pyridine rings is 1. The first-order valence-corrected chi connectivity index (χ1v) is 7.43. The molecule has 1 aliphatic rings. The van der Waals surface area contributed by atoms with E-state index < -0.39 is 98.4 Å². The van der Waals surface area contributed by atoms with Crippen molar-refractivity contribution in [1.82, 2.24) is 30.2 Å². The Hall–Kier alpha value is -2.42. The SMILES string of the molecule is [2H]Oc1c(C(=O)N([2H])CCCN2C([2H])([2H])C([2H])([2H])C([2H])([2H])C([2H])([2H])C2([2H])[2H])c(=O)n(C([2H])(C)C([2H])([2H])[2H])c2c1nnn2[2H]. The average Bonchev–Trinajstić information content (AvgIpc) is 3.23. The van der Waals surface area contributed by atoms with E-state index >= 15 is 0 Å². The lowest BCUT2D eigenvalue weighted by Gasteiger charge is -2.26. The van der Waals surface area contributed by atoms with Gasteiger partial charge in [-0.1, -0.05) is 11.6 Å². The number of carbonyl (C=O) groups excluding carboxylic acids is 1. The normalized spacial score (nSPS) is 37.5. The number of H-pyrrole nitrogens is 1. The van der Waals surface area contributed by atoms with Crippen LogP contribution in [0.4, 0.5) is 0 Å². The van der Waals surface area contributed by atoms with Crippen LogP contribution in [0.25, 0.3) is 11.2 Å². The summed E-state index contributed by atoms with van der Waals surface area (Å²) in [4.78, 5) is 26.8. The quantitative estimate of drug-likeness (QED) is 0.661. The number of amides is 1. The highest BCUT2D eigenvalue weighted by Crippen LogP contribution is 2.24. The maximum absolute atomic E-state index is 13.5. The van der Waals surface area contributed by atoms with Gasteiger partial charge in [0, 0.05) is 30.4 Å². The van der Waals surface area contributed by atoms with Crippen molar-refractivity contribution in [3.63, 3.8) is 0 Å². The molecule has 0 bridgehead atoms. The van der Waals surface area contributed by atoms with Gasteiger partial charge in [-0.15, -0.1) is 5.10 Å². The molecule has 1 unspecified atom stereocenters. The van der Waals surface area contributed by atoms with Crippen LogP contribution in [0.1, 0.15) is 74.9 Å². The molecular formula is C17H26N6O3. The number of nitrogens with one attached hydrogen (secondary N) is 2. The van der Waals surface area contributed by atoms with E-state index in [9.17, 15) is 9.59 Å².